The monoisotopic (exact) mass is 337 g/mol. The fourth-order valence-electron chi connectivity index (χ4n) is 3.73. The van der Waals surface area contributed by atoms with Gasteiger partial charge in [0.25, 0.3) is 5.91 Å². The predicted molar refractivity (Wildman–Crippen MR) is 90.6 cm³/mol. The van der Waals surface area contributed by atoms with Crippen molar-refractivity contribution in [3.63, 3.8) is 0 Å². The summed E-state index contributed by atoms with van der Waals surface area (Å²) in [6.07, 6.45) is 3.76. The van der Waals surface area contributed by atoms with Crippen molar-refractivity contribution >= 4 is 17.5 Å². The number of likely N-dealkylation sites (tertiary alicyclic amines) is 1. The topological polar surface area (TPSA) is 67.6 Å². The van der Waals surface area contributed by atoms with Gasteiger partial charge in [-0.3, -0.25) is 9.69 Å². The van der Waals surface area contributed by atoms with Crippen LogP contribution < -0.4 is 15.8 Å². The van der Waals surface area contributed by atoms with Gasteiger partial charge in [0.15, 0.2) is 6.61 Å². The maximum Gasteiger partial charge on any atom is 0.255 e. The van der Waals surface area contributed by atoms with E-state index in [1.165, 1.54) is 19.3 Å². The zero-order valence-corrected chi connectivity index (χ0v) is 14.1. The number of carbonyl (C=O) groups excluding carboxylic acids is 1. The zero-order chi connectivity index (χ0) is 16.3. The molecule has 1 aromatic carbocycles. The standard InChI is InChI=1S/C17H24ClN3O2/c18-14-1-2-15(23-11-16(19)22)13(9-14)10-21-8-5-17(12-21)3-6-20-7-4-17/h1-2,9,20H,3-8,10-12H2,(H2,19,22). The lowest BCUT2D eigenvalue weighted by Crippen LogP contribution is -2.38. The Bertz CT molecular complexity index is 573. The summed E-state index contributed by atoms with van der Waals surface area (Å²) in [5.41, 5.74) is 6.66. The first-order valence-corrected chi connectivity index (χ1v) is 8.57. The minimum atomic E-state index is -0.472. The molecule has 0 radical (unpaired) electrons. The zero-order valence-electron chi connectivity index (χ0n) is 13.3. The Balaban J connectivity index is 1.67. The molecule has 23 heavy (non-hydrogen) atoms. The number of nitrogens with zero attached hydrogens (tertiary/aromatic N) is 1. The summed E-state index contributed by atoms with van der Waals surface area (Å²) in [4.78, 5) is 13.4. The van der Waals surface area contributed by atoms with Crippen LogP contribution in [0.2, 0.25) is 5.02 Å². The SMILES string of the molecule is NC(=O)COc1ccc(Cl)cc1CN1CCC2(CCNCC2)C1. The normalized spacial score (nSPS) is 20.7. The van der Waals surface area contributed by atoms with Crippen LogP contribution in [-0.4, -0.2) is 43.6 Å². The molecule has 0 aromatic heterocycles. The van der Waals surface area contributed by atoms with Crippen LogP contribution >= 0.6 is 11.6 Å². The maximum absolute atomic E-state index is 11.0. The van der Waals surface area contributed by atoms with Gasteiger partial charge < -0.3 is 15.8 Å². The van der Waals surface area contributed by atoms with Crippen molar-refractivity contribution in [1.82, 2.24) is 10.2 Å². The molecule has 0 atom stereocenters. The molecule has 0 unspecified atom stereocenters. The van der Waals surface area contributed by atoms with Gasteiger partial charge in [0.2, 0.25) is 0 Å². The quantitative estimate of drug-likeness (QED) is 0.859. The molecule has 3 N–H and O–H groups in total. The highest BCUT2D eigenvalue weighted by Crippen LogP contribution is 2.39. The third-order valence-electron chi connectivity index (χ3n) is 4.97. The Morgan fingerprint density at radius 1 is 1.35 bits per heavy atom. The summed E-state index contributed by atoms with van der Waals surface area (Å²) in [6, 6.07) is 5.52. The maximum atomic E-state index is 11.0. The molecular weight excluding hydrogens is 314 g/mol. The molecule has 2 aliphatic heterocycles. The van der Waals surface area contributed by atoms with Crippen molar-refractivity contribution in [2.45, 2.75) is 25.8 Å². The van der Waals surface area contributed by atoms with Gasteiger partial charge in [-0.2, -0.15) is 0 Å². The molecule has 0 bridgehead atoms. The van der Waals surface area contributed by atoms with E-state index in [-0.39, 0.29) is 6.61 Å². The molecule has 2 saturated heterocycles. The van der Waals surface area contributed by atoms with Crippen LogP contribution in [0.4, 0.5) is 0 Å². The van der Waals surface area contributed by atoms with Crippen molar-refractivity contribution in [1.29, 1.82) is 0 Å². The number of carbonyl (C=O) groups is 1. The molecular formula is C17H24ClN3O2. The first kappa shape index (κ1) is 16.6. The van der Waals surface area contributed by atoms with E-state index in [9.17, 15) is 4.79 Å². The fraction of sp³-hybridized carbons (Fsp3) is 0.588. The van der Waals surface area contributed by atoms with E-state index in [4.69, 9.17) is 22.1 Å². The van der Waals surface area contributed by atoms with E-state index in [1.54, 1.807) is 6.07 Å². The van der Waals surface area contributed by atoms with E-state index in [1.807, 2.05) is 12.1 Å². The van der Waals surface area contributed by atoms with Crippen LogP contribution in [0.5, 0.6) is 5.75 Å². The number of nitrogens with two attached hydrogens (primary N) is 1. The molecule has 2 aliphatic rings. The van der Waals surface area contributed by atoms with Crippen LogP contribution in [0.25, 0.3) is 0 Å². The number of amides is 1. The van der Waals surface area contributed by atoms with Gasteiger partial charge >= 0.3 is 0 Å². The molecule has 2 fully saturated rings. The number of ether oxygens (including phenoxy) is 1. The van der Waals surface area contributed by atoms with E-state index < -0.39 is 5.91 Å². The second-order valence-electron chi connectivity index (χ2n) is 6.72. The van der Waals surface area contributed by atoms with E-state index in [0.29, 0.717) is 16.2 Å². The lowest BCUT2D eigenvalue weighted by atomic mass is 9.78. The Labute approximate surface area is 142 Å². The van der Waals surface area contributed by atoms with Crippen molar-refractivity contribution < 1.29 is 9.53 Å². The first-order chi connectivity index (χ1) is 11.1. The van der Waals surface area contributed by atoms with Gasteiger partial charge in [-0.1, -0.05) is 11.6 Å². The number of hydrogen-bond acceptors (Lipinski definition) is 4. The number of rotatable bonds is 5. The van der Waals surface area contributed by atoms with Gasteiger partial charge in [-0.05, 0) is 62.5 Å². The predicted octanol–water partition coefficient (Wildman–Crippen LogP) is 1.78. The van der Waals surface area contributed by atoms with Gasteiger partial charge in [0.05, 0.1) is 0 Å². The summed E-state index contributed by atoms with van der Waals surface area (Å²) in [6.45, 7) is 5.16. The van der Waals surface area contributed by atoms with Crippen LogP contribution in [0.15, 0.2) is 18.2 Å². The van der Waals surface area contributed by atoms with E-state index >= 15 is 0 Å². The Morgan fingerprint density at radius 2 is 2.13 bits per heavy atom. The van der Waals surface area contributed by atoms with E-state index in [0.717, 1.165) is 38.3 Å². The summed E-state index contributed by atoms with van der Waals surface area (Å²) >= 11 is 6.13. The molecule has 3 rings (SSSR count). The van der Waals surface area contributed by atoms with E-state index in [2.05, 4.69) is 10.2 Å². The van der Waals surface area contributed by atoms with Crippen LogP contribution in [0, 0.1) is 5.41 Å². The average molecular weight is 338 g/mol. The summed E-state index contributed by atoms with van der Waals surface area (Å²) in [7, 11) is 0. The molecule has 1 spiro atoms. The molecule has 0 aliphatic carbocycles. The van der Waals surface area contributed by atoms with Crippen molar-refractivity contribution in [2.75, 3.05) is 32.8 Å². The smallest absolute Gasteiger partial charge is 0.255 e. The highest BCUT2D eigenvalue weighted by Gasteiger charge is 2.38. The third-order valence-corrected chi connectivity index (χ3v) is 5.20. The lowest BCUT2D eigenvalue weighted by Gasteiger charge is -2.34. The van der Waals surface area contributed by atoms with Gasteiger partial charge in [0, 0.05) is 23.7 Å². The minimum absolute atomic E-state index is 0.107. The number of halogens is 1. The summed E-state index contributed by atoms with van der Waals surface area (Å²) < 4.78 is 5.53. The van der Waals surface area contributed by atoms with Crippen LogP contribution in [-0.2, 0) is 11.3 Å². The van der Waals surface area contributed by atoms with Gasteiger partial charge in [-0.25, -0.2) is 0 Å². The van der Waals surface area contributed by atoms with Gasteiger partial charge in [-0.15, -0.1) is 0 Å². The second-order valence-corrected chi connectivity index (χ2v) is 7.15. The summed E-state index contributed by atoms with van der Waals surface area (Å²) in [5, 5.41) is 4.13. The molecule has 126 valence electrons. The number of nitrogens with one attached hydrogen (secondary N) is 1. The van der Waals surface area contributed by atoms with Crippen molar-refractivity contribution in [3.8, 4) is 5.75 Å². The molecule has 1 aromatic rings. The first-order valence-electron chi connectivity index (χ1n) is 8.19. The highest BCUT2D eigenvalue weighted by atomic mass is 35.5. The number of piperidine rings is 1. The second kappa shape index (κ2) is 7.07. The third kappa shape index (κ3) is 4.16. The minimum Gasteiger partial charge on any atom is -0.483 e. The lowest BCUT2D eigenvalue weighted by molar-refractivity contribution is -0.119. The molecule has 5 nitrogen and oxygen atoms in total. The highest BCUT2D eigenvalue weighted by molar-refractivity contribution is 6.30. The molecule has 0 saturated carbocycles. The van der Waals surface area contributed by atoms with Gasteiger partial charge in [0.1, 0.15) is 5.75 Å². The Hall–Kier alpha value is -1.30. The Kier molecular flexibility index (Phi) is 5.09. The molecule has 2 heterocycles. The summed E-state index contributed by atoms with van der Waals surface area (Å²) in [5.74, 6) is 0.222. The largest absolute Gasteiger partial charge is 0.483 e. The molecule has 6 heteroatoms. The van der Waals surface area contributed by atoms with Crippen LogP contribution in [0.1, 0.15) is 24.8 Å². The fourth-order valence-corrected chi connectivity index (χ4v) is 3.92. The van der Waals surface area contributed by atoms with Crippen molar-refractivity contribution in [2.24, 2.45) is 11.1 Å². The average Bonchev–Trinajstić information content (AvgIpc) is 2.89. The number of primary amides is 1. The Morgan fingerprint density at radius 3 is 2.87 bits per heavy atom. The van der Waals surface area contributed by atoms with Crippen molar-refractivity contribution in [3.05, 3.63) is 28.8 Å². The number of hydrogen-bond donors (Lipinski definition) is 2. The molecule has 1 amide bonds. The van der Waals surface area contributed by atoms with Crippen LogP contribution in [0.3, 0.4) is 0 Å². The number of benzene rings is 1.